The van der Waals surface area contributed by atoms with Gasteiger partial charge in [-0.05, 0) is 42.1 Å². The Morgan fingerprint density at radius 1 is 1.05 bits per heavy atom. The monoisotopic (exact) mass is 299 g/mol. The normalized spacial score (nSPS) is 22.6. The van der Waals surface area contributed by atoms with E-state index in [1.165, 1.54) is 17.7 Å². The van der Waals surface area contributed by atoms with E-state index in [1.807, 2.05) is 18.2 Å². The van der Waals surface area contributed by atoms with Crippen molar-refractivity contribution < 1.29 is 9.50 Å². The van der Waals surface area contributed by atoms with E-state index < -0.39 is 0 Å². The Morgan fingerprint density at radius 2 is 1.77 bits per heavy atom. The summed E-state index contributed by atoms with van der Waals surface area (Å²) in [5.74, 6) is 0.325. The fourth-order valence-electron chi connectivity index (χ4n) is 3.43. The van der Waals surface area contributed by atoms with Gasteiger partial charge in [-0.15, -0.1) is 0 Å². The van der Waals surface area contributed by atoms with Crippen LogP contribution in [0.3, 0.4) is 0 Å². The van der Waals surface area contributed by atoms with Crippen LogP contribution in [0.15, 0.2) is 54.6 Å². The molecule has 2 aromatic carbocycles. The largest absolute Gasteiger partial charge is 0.396 e. The summed E-state index contributed by atoms with van der Waals surface area (Å²) in [6.45, 7) is 2.99. The molecule has 0 aromatic heterocycles. The third-order valence-corrected chi connectivity index (χ3v) is 4.60. The van der Waals surface area contributed by atoms with E-state index >= 15 is 0 Å². The van der Waals surface area contributed by atoms with Gasteiger partial charge in [0.25, 0.3) is 0 Å². The number of rotatable bonds is 4. The van der Waals surface area contributed by atoms with Crippen LogP contribution < -0.4 is 0 Å². The first-order valence-electron chi connectivity index (χ1n) is 7.89. The fourth-order valence-corrected chi connectivity index (χ4v) is 3.43. The molecule has 0 amide bonds. The van der Waals surface area contributed by atoms with Crippen molar-refractivity contribution >= 4 is 0 Å². The van der Waals surface area contributed by atoms with E-state index in [0.717, 1.165) is 31.6 Å². The molecule has 0 aliphatic carbocycles. The summed E-state index contributed by atoms with van der Waals surface area (Å²) in [7, 11) is 0. The minimum Gasteiger partial charge on any atom is -0.396 e. The summed E-state index contributed by atoms with van der Waals surface area (Å²) in [5.41, 5.74) is 2.44. The van der Waals surface area contributed by atoms with Crippen LogP contribution in [0.4, 0.5) is 4.39 Å². The van der Waals surface area contributed by atoms with Crippen molar-refractivity contribution in [1.82, 2.24) is 4.90 Å². The zero-order chi connectivity index (χ0) is 15.4. The highest BCUT2D eigenvalue weighted by Crippen LogP contribution is 2.33. The van der Waals surface area contributed by atoms with Gasteiger partial charge < -0.3 is 5.11 Å². The van der Waals surface area contributed by atoms with Crippen LogP contribution >= 0.6 is 0 Å². The molecule has 1 heterocycles. The van der Waals surface area contributed by atoms with E-state index in [0.29, 0.717) is 5.92 Å². The Labute approximate surface area is 131 Å². The Balaban J connectivity index is 1.67. The van der Waals surface area contributed by atoms with E-state index in [1.54, 1.807) is 0 Å². The number of halogens is 1. The number of hydrogen-bond donors (Lipinski definition) is 1. The molecule has 3 heteroatoms. The molecular weight excluding hydrogens is 277 g/mol. The number of aliphatic hydroxyl groups is 1. The molecule has 116 valence electrons. The third-order valence-electron chi connectivity index (χ3n) is 4.60. The number of piperidine rings is 1. The summed E-state index contributed by atoms with van der Waals surface area (Å²) in [4.78, 5) is 2.40. The van der Waals surface area contributed by atoms with Crippen LogP contribution in [0.1, 0.15) is 23.5 Å². The summed E-state index contributed by atoms with van der Waals surface area (Å²) >= 11 is 0. The molecule has 2 nitrogen and oxygen atoms in total. The van der Waals surface area contributed by atoms with Gasteiger partial charge in [-0.2, -0.15) is 0 Å². The van der Waals surface area contributed by atoms with Crippen LogP contribution in [0, 0.1) is 11.7 Å². The summed E-state index contributed by atoms with van der Waals surface area (Å²) < 4.78 is 13.1. The van der Waals surface area contributed by atoms with Gasteiger partial charge in [-0.25, -0.2) is 4.39 Å². The highest BCUT2D eigenvalue weighted by atomic mass is 19.1. The molecule has 1 saturated heterocycles. The van der Waals surface area contributed by atoms with Crippen molar-refractivity contribution in [2.75, 3.05) is 19.7 Å². The third kappa shape index (κ3) is 3.54. The van der Waals surface area contributed by atoms with E-state index in [9.17, 15) is 9.50 Å². The molecule has 0 bridgehead atoms. The molecule has 0 radical (unpaired) electrons. The highest BCUT2D eigenvalue weighted by molar-refractivity contribution is 5.22. The van der Waals surface area contributed by atoms with Crippen molar-refractivity contribution in [3.63, 3.8) is 0 Å². The number of aliphatic hydroxyl groups excluding tert-OH is 1. The van der Waals surface area contributed by atoms with Crippen molar-refractivity contribution in [3.05, 3.63) is 71.5 Å². The molecule has 0 spiro atoms. The Bertz CT molecular complexity index is 584. The lowest BCUT2D eigenvalue weighted by Gasteiger charge is -2.38. The quantitative estimate of drug-likeness (QED) is 0.935. The topological polar surface area (TPSA) is 23.5 Å². The molecule has 0 unspecified atom stereocenters. The molecule has 0 saturated carbocycles. The molecule has 2 atom stereocenters. The first-order chi connectivity index (χ1) is 10.8. The second kappa shape index (κ2) is 7.03. The summed E-state index contributed by atoms with van der Waals surface area (Å²) in [6, 6.07) is 17.2. The van der Waals surface area contributed by atoms with Gasteiger partial charge in [0.05, 0.1) is 0 Å². The number of nitrogens with zero attached hydrogens (tertiary/aromatic N) is 1. The van der Waals surface area contributed by atoms with E-state index in [2.05, 4.69) is 29.2 Å². The van der Waals surface area contributed by atoms with Crippen molar-refractivity contribution in [2.45, 2.75) is 18.9 Å². The van der Waals surface area contributed by atoms with Crippen LogP contribution in [0.2, 0.25) is 0 Å². The lowest BCUT2D eigenvalue weighted by molar-refractivity contribution is 0.0972. The van der Waals surface area contributed by atoms with Gasteiger partial charge >= 0.3 is 0 Å². The number of likely N-dealkylation sites (tertiary alicyclic amines) is 1. The average molecular weight is 299 g/mol. The molecule has 1 aliphatic rings. The molecular formula is C19H22FNO. The first kappa shape index (κ1) is 15.2. The molecule has 2 aromatic rings. The van der Waals surface area contributed by atoms with Crippen LogP contribution in [0.25, 0.3) is 0 Å². The van der Waals surface area contributed by atoms with Crippen LogP contribution in [-0.4, -0.2) is 29.7 Å². The lowest BCUT2D eigenvalue weighted by atomic mass is 9.81. The van der Waals surface area contributed by atoms with Gasteiger partial charge in [0.1, 0.15) is 5.82 Å². The van der Waals surface area contributed by atoms with Crippen LogP contribution in [0.5, 0.6) is 0 Å². The second-order valence-corrected chi connectivity index (χ2v) is 6.11. The maximum Gasteiger partial charge on any atom is 0.123 e. The maximum atomic E-state index is 13.1. The average Bonchev–Trinajstić information content (AvgIpc) is 2.56. The zero-order valence-corrected chi connectivity index (χ0v) is 12.7. The van der Waals surface area contributed by atoms with Crippen molar-refractivity contribution in [1.29, 1.82) is 0 Å². The first-order valence-corrected chi connectivity index (χ1v) is 7.89. The molecule has 3 rings (SSSR count). The van der Waals surface area contributed by atoms with Crippen LogP contribution in [-0.2, 0) is 6.54 Å². The Kier molecular flexibility index (Phi) is 4.86. The number of benzene rings is 2. The van der Waals surface area contributed by atoms with E-state index in [4.69, 9.17) is 0 Å². The predicted molar refractivity (Wildman–Crippen MR) is 86.1 cm³/mol. The Hall–Kier alpha value is -1.71. The Morgan fingerprint density at radius 3 is 2.45 bits per heavy atom. The molecule has 22 heavy (non-hydrogen) atoms. The van der Waals surface area contributed by atoms with E-state index in [-0.39, 0.29) is 18.3 Å². The summed E-state index contributed by atoms with van der Waals surface area (Å²) in [5, 5.41) is 9.76. The standard InChI is InChI=1S/C19H22FNO/c20-18-8-6-16(7-9-18)19-10-11-21(13-17(19)14-22)12-15-4-2-1-3-5-15/h1-9,17,19,22H,10-14H2/t17-,19+/m0/s1. The minimum atomic E-state index is -0.203. The molecule has 1 aliphatic heterocycles. The lowest BCUT2D eigenvalue weighted by Crippen LogP contribution is -2.40. The van der Waals surface area contributed by atoms with Crippen molar-refractivity contribution in [2.24, 2.45) is 5.92 Å². The molecule has 1 fully saturated rings. The maximum absolute atomic E-state index is 13.1. The van der Waals surface area contributed by atoms with Gasteiger partial charge in [0, 0.05) is 25.6 Å². The van der Waals surface area contributed by atoms with Gasteiger partial charge in [-0.1, -0.05) is 42.5 Å². The summed E-state index contributed by atoms with van der Waals surface area (Å²) in [6.07, 6.45) is 1.00. The fraction of sp³-hybridized carbons (Fsp3) is 0.368. The molecule has 1 N–H and O–H groups in total. The highest BCUT2D eigenvalue weighted by Gasteiger charge is 2.29. The SMILES string of the molecule is OC[C@@H]1CN(Cc2ccccc2)CC[C@@H]1c1ccc(F)cc1. The number of hydrogen-bond acceptors (Lipinski definition) is 2. The predicted octanol–water partition coefficient (Wildman–Crippen LogP) is 3.42. The van der Waals surface area contributed by atoms with Gasteiger partial charge in [0.2, 0.25) is 0 Å². The van der Waals surface area contributed by atoms with Gasteiger partial charge in [0.15, 0.2) is 0 Å². The smallest absolute Gasteiger partial charge is 0.123 e. The zero-order valence-electron chi connectivity index (χ0n) is 12.7. The van der Waals surface area contributed by atoms with Crippen molar-refractivity contribution in [3.8, 4) is 0 Å². The van der Waals surface area contributed by atoms with Gasteiger partial charge in [-0.3, -0.25) is 4.90 Å². The second-order valence-electron chi connectivity index (χ2n) is 6.11. The minimum absolute atomic E-state index is 0.174.